The van der Waals surface area contributed by atoms with Crippen LogP contribution >= 0.6 is 6.72 Å². The molecule has 0 bridgehead atoms. The lowest BCUT2D eigenvalue weighted by Gasteiger charge is -2.24. The average Bonchev–Trinajstić information content (AvgIpc) is 2.73. The van der Waals surface area contributed by atoms with Crippen LogP contribution in [0.15, 0.2) is 0 Å². The topological polar surface area (TPSA) is 108 Å². The maximum Gasteiger partial charge on any atom is 0.222 e. The van der Waals surface area contributed by atoms with Crippen LogP contribution in [0.25, 0.3) is 0 Å². The molecule has 0 aromatic carbocycles. The Balaban J connectivity index is 3.23. The van der Waals surface area contributed by atoms with Crippen molar-refractivity contribution in [2.45, 2.75) is 45.4 Å². The van der Waals surface area contributed by atoms with E-state index in [2.05, 4.69) is 28.6 Å². The summed E-state index contributed by atoms with van der Waals surface area (Å²) >= 11 is 4.62. The van der Waals surface area contributed by atoms with Crippen molar-refractivity contribution < 1.29 is 37.7 Å². The zero-order valence-corrected chi connectivity index (χ0v) is 20.1. The molecular weight excluding hydrogens is 433 g/mol. The second kappa shape index (κ2) is 22.0. The van der Waals surface area contributed by atoms with Gasteiger partial charge in [0.05, 0.1) is 52.9 Å². The van der Waals surface area contributed by atoms with Gasteiger partial charge < -0.3 is 38.2 Å². The van der Waals surface area contributed by atoms with Gasteiger partial charge in [0.1, 0.15) is 6.72 Å². The van der Waals surface area contributed by atoms with Crippen LogP contribution in [0.5, 0.6) is 0 Å². The number of hydrogen-bond donors (Lipinski definition) is 1. The summed E-state index contributed by atoms with van der Waals surface area (Å²) < 4.78 is 31.0. The number of amides is 1. The Hall–Kier alpha value is -0.160. The lowest BCUT2D eigenvalue weighted by molar-refractivity contribution is -0.204. The summed E-state index contributed by atoms with van der Waals surface area (Å²) in [6, 6.07) is 0. The maximum absolute atomic E-state index is 11.7. The molecule has 0 aromatic heterocycles. The van der Waals surface area contributed by atoms with Gasteiger partial charge >= 0.3 is 0 Å². The minimum atomic E-state index is -3.28. The molecule has 0 heterocycles. The quantitative estimate of drug-likeness (QED) is 0.176. The van der Waals surface area contributed by atoms with Crippen LogP contribution < -0.4 is 10.2 Å². The van der Waals surface area contributed by atoms with Crippen molar-refractivity contribution in [3.8, 4) is 0 Å². The summed E-state index contributed by atoms with van der Waals surface area (Å²) in [7, 11) is 1.28. The molecule has 0 radical (unpaired) electrons. The Labute approximate surface area is 186 Å². The molecule has 30 heavy (non-hydrogen) atoms. The number of carbonyl (C=O) groups is 1. The lowest BCUT2D eigenvalue weighted by Crippen LogP contribution is -2.25. The van der Waals surface area contributed by atoms with Gasteiger partial charge in [-0.25, -0.2) is 0 Å². The number of ether oxygens (including phenoxy) is 4. The van der Waals surface area contributed by atoms with Crippen molar-refractivity contribution in [2.24, 2.45) is 0 Å². The van der Waals surface area contributed by atoms with Crippen LogP contribution in [0, 0.1) is 0 Å². The van der Waals surface area contributed by atoms with E-state index in [1.807, 2.05) is 0 Å². The highest BCUT2D eigenvalue weighted by atomic mass is 32.5. The van der Waals surface area contributed by atoms with Crippen LogP contribution in [0.3, 0.4) is 0 Å². The molecular formula is C19H39NO8PS-. The zero-order valence-electron chi connectivity index (χ0n) is 18.4. The van der Waals surface area contributed by atoms with E-state index in [1.165, 1.54) is 7.11 Å². The second-order valence-electron chi connectivity index (χ2n) is 6.43. The molecule has 0 aromatic rings. The molecule has 1 unspecified atom stereocenters. The van der Waals surface area contributed by atoms with E-state index in [1.54, 1.807) is 0 Å². The van der Waals surface area contributed by atoms with E-state index in [9.17, 15) is 9.69 Å². The Morgan fingerprint density at radius 1 is 0.833 bits per heavy atom. The van der Waals surface area contributed by atoms with Crippen molar-refractivity contribution in [2.75, 3.05) is 73.1 Å². The van der Waals surface area contributed by atoms with Crippen molar-refractivity contribution >= 4 is 24.4 Å². The fourth-order valence-electron chi connectivity index (χ4n) is 2.20. The molecule has 180 valence electrons. The monoisotopic (exact) mass is 472 g/mol. The number of rotatable bonds is 23. The molecule has 0 aliphatic carbocycles. The number of nitrogens with one attached hydrogen (secondary N) is 1. The van der Waals surface area contributed by atoms with E-state index < -0.39 is 6.72 Å². The predicted octanol–water partition coefficient (Wildman–Crippen LogP) is 1.78. The standard InChI is InChI=1S/C19H40NO8PS/c1-3-10-24-13-15-26-17-18-27-16-14-25-12-8-19(21)20-9-6-4-5-7-11-28-29(22,30)23-2/h3-18H2,1-2H3,(H,20,21)(H,22,30)/p-1. The van der Waals surface area contributed by atoms with Gasteiger partial charge in [-0.3, -0.25) is 4.79 Å². The first kappa shape index (κ1) is 29.8. The molecule has 1 atom stereocenters. The first-order chi connectivity index (χ1) is 14.5. The largest absolute Gasteiger partial charge is 0.780 e. The summed E-state index contributed by atoms with van der Waals surface area (Å²) in [4.78, 5) is 23.0. The van der Waals surface area contributed by atoms with Crippen LogP contribution in [0.2, 0.25) is 0 Å². The zero-order chi connectivity index (χ0) is 22.3. The molecule has 9 nitrogen and oxygen atoms in total. The Morgan fingerprint density at radius 3 is 1.93 bits per heavy atom. The Kier molecular flexibility index (Phi) is 21.9. The molecule has 0 saturated carbocycles. The Morgan fingerprint density at radius 2 is 1.37 bits per heavy atom. The van der Waals surface area contributed by atoms with Crippen molar-refractivity contribution in [1.29, 1.82) is 0 Å². The van der Waals surface area contributed by atoms with Gasteiger partial charge in [0.2, 0.25) is 5.91 Å². The van der Waals surface area contributed by atoms with Crippen molar-refractivity contribution in [1.82, 2.24) is 5.32 Å². The minimum absolute atomic E-state index is 0.0231. The summed E-state index contributed by atoms with van der Waals surface area (Å²) in [6.07, 6.45) is 4.84. The lowest BCUT2D eigenvalue weighted by atomic mass is 10.2. The highest BCUT2D eigenvalue weighted by molar-refractivity contribution is 8.06. The van der Waals surface area contributed by atoms with E-state index in [4.69, 9.17) is 23.5 Å². The molecule has 0 fully saturated rings. The highest BCUT2D eigenvalue weighted by Crippen LogP contribution is 2.37. The van der Waals surface area contributed by atoms with Crippen molar-refractivity contribution in [3.63, 3.8) is 0 Å². The summed E-state index contributed by atoms with van der Waals surface area (Å²) in [6.45, 7) is 4.06. The average molecular weight is 473 g/mol. The number of carbonyl (C=O) groups excluding carboxylic acids is 1. The SMILES string of the molecule is CCCOCCOCCOCCOCCC(=O)NCCCCCCOP([O-])(=S)OC. The van der Waals surface area contributed by atoms with Crippen LogP contribution in [0.4, 0.5) is 0 Å². The summed E-state index contributed by atoms with van der Waals surface area (Å²) in [5.41, 5.74) is 0. The first-order valence-electron chi connectivity index (χ1n) is 10.6. The number of unbranched alkanes of at least 4 members (excludes halogenated alkanes) is 3. The molecule has 1 amide bonds. The molecule has 11 heteroatoms. The van der Waals surface area contributed by atoms with Crippen LogP contribution in [0.1, 0.15) is 45.4 Å². The van der Waals surface area contributed by atoms with Gasteiger partial charge in [-0.15, -0.1) is 0 Å². The van der Waals surface area contributed by atoms with E-state index in [-0.39, 0.29) is 5.91 Å². The molecule has 0 aliphatic heterocycles. The maximum atomic E-state index is 11.7. The van der Waals surface area contributed by atoms with Gasteiger partial charge in [0, 0.05) is 26.7 Å². The normalized spacial score (nSPS) is 13.3. The first-order valence-corrected chi connectivity index (χ1v) is 13.2. The molecule has 0 rings (SSSR count). The van der Waals surface area contributed by atoms with Gasteiger partial charge in [-0.2, -0.15) is 0 Å². The van der Waals surface area contributed by atoms with Gasteiger partial charge in [0.25, 0.3) is 0 Å². The molecule has 0 spiro atoms. The third-order valence-corrected chi connectivity index (χ3v) is 5.51. The third kappa shape index (κ3) is 22.5. The second-order valence-corrected chi connectivity index (χ2v) is 9.29. The van der Waals surface area contributed by atoms with E-state index >= 15 is 0 Å². The van der Waals surface area contributed by atoms with Gasteiger partial charge in [0.15, 0.2) is 0 Å². The van der Waals surface area contributed by atoms with Crippen molar-refractivity contribution in [3.05, 3.63) is 0 Å². The fraction of sp³-hybridized carbons (Fsp3) is 0.947. The smallest absolute Gasteiger partial charge is 0.222 e. The van der Waals surface area contributed by atoms with E-state index in [0.29, 0.717) is 65.8 Å². The predicted molar refractivity (Wildman–Crippen MR) is 117 cm³/mol. The third-order valence-electron chi connectivity index (χ3n) is 3.80. The fourth-order valence-corrected chi connectivity index (χ4v) is 2.88. The van der Waals surface area contributed by atoms with Gasteiger partial charge in [-0.1, -0.05) is 31.6 Å². The molecule has 0 aliphatic rings. The molecule has 1 N–H and O–H groups in total. The molecule has 0 saturated heterocycles. The van der Waals surface area contributed by atoms with Crippen LogP contribution in [-0.2, 0) is 44.6 Å². The minimum Gasteiger partial charge on any atom is -0.780 e. The summed E-state index contributed by atoms with van der Waals surface area (Å²) in [5.74, 6) is -0.0231. The summed E-state index contributed by atoms with van der Waals surface area (Å²) in [5, 5.41) is 2.86. The number of hydrogen-bond acceptors (Lipinski definition) is 9. The van der Waals surface area contributed by atoms with Gasteiger partial charge in [-0.05, 0) is 19.3 Å². The van der Waals surface area contributed by atoms with Crippen LogP contribution in [-0.4, -0.2) is 79.0 Å². The highest BCUT2D eigenvalue weighted by Gasteiger charge is 2.02. The van der Waals surface area contributed by atoms with E-state index in [0.717, 1.165) is 38.7 Å². The Bertz CT molecular complexity index is 445.